The van der Waals surface area contributed by atoms with Crippen molar-refractivity contribution in [2.45, 2.75) is 52.1 Å². The number of hydrogen-bond acceptors (Lipinski definition) is 4. The third-order valence-corrected chi connectivity index (χ3v) is 3.61. The molecule has 124 valence electrons. The van der Waals surface area contributed by atoms with Gasteiger partial charge in [-0.25, -0.2) is 0 Å². The molecule has 0 spiro atoms. The predicted molar refractivity (Wildman–Crippen MR) is 88.3 cm³/mol. The molecule has 0 bridgehead atoms. The quantitative estimate of drug-likeness (QED) is 0.774. The third kappa shape index (κ3) is 4.63. The maximum Gasteiger partial charge on any atom is 0.237 e. The van der Waals surface area contributed by atoms with Crippen LogP contribution in [0.3, 0.4) is 0 Å². The first-order valence-electron chi connectivity index (χ1n) is 7.73. The summed E-state index contributed by atoms with van der Waals surface area (Å²) in [5, 5.41) is 3.01. The minimum Gasteiger partial charge on any atom is -0.496 e. The molecule has 0 aromatic heterocycles. The fraction of sp³-hybridized carbons (Fsp3) is 0.588. The van der Waals surface area contributed by atoms with Gasteiger partial charge in [0.2, 0.25) is 5.91 Å². The van der Waals surface area contributed by atoms with Crippen LogP contribution in [0.5, 0.6) is 11.5 Å². The molecule has 0 radical (unpaired) electrons. The molecule has 0 saturated heterocycles. The molecule has 1 unspecified atom stereocenters. The molecule has 22 heavy (non-hydrogen) atoms. The Morgan fingerprint density at radius 2 is 1.82 bits per heavy atom. The molecule has 1 amide bonds. The van der Waals surface area contributed by atoms with Crippen LogP contribution >= 0.6 is 0 Å². The molecule has 5 nitrogen and oxygen atoms in total. The summed E-state index contributed by atoms with van der Waals surface area (Å²) in [7, 11) is 3.25. The molecule has 0 saturated carbocycles. The molecule has 1 aromatic carbocycles. The number of unbranched alkanes of at least 4 members (excludes halogenated alkanes) is 1. The Labute approximate surface area is 133 Å². The molecule has 0 aliphatic heterocycles. The Morgan fingerprint density at radius 3 is 2.23 bits per heavy atom. The lowest BCUT2D eigenvalue weighted by Crippen LogP contribution is -2.40. The van der Waals surface area contributed by atoms with Crippen LogP contribution in [-0.4, -0.2) is 26.2 Å². The van der Waals surface area contributed by atoms with Crippen LogP contribution in [0.4, 0.5) is 0 Å². The predicted octanol–water partition coefficient (Wildman–Crippen LogP) is 2.71. The second-order valence-corrected chi connectivity index (χ2v) is 5.58. The fourth-order valence-corrected chi connectivity index (χ4v) is 2.41. The summed E-state index contributed by atoms with van der Waals surface area (Å²) in [6, 6.07) is 3.18. The summed E-state index contributed by atoms with van der Waals surface area (Å²) in [6.45, 7) is 5.78. The highest BCUT2D eigenvalue weighted by Crippen LogP contribution is 2.37. The maximum absolute atomic E-state index is 12.0. The van der Waals surface area contributed by atoms with Gasteiger partial charge in [0.05, 0.1) is 31.9 Å². The van der Waals surface area contributed by atoms with E-state index in [9.17, 15) is 4.79 Å². The number of amides is 1. The van der Waals surface area contributed by atoms with Crippen molar-refractivity contribution in [2.75, 3.05) is 14.2 Å². The van der Waals surface area contributed by atoms with Crippen LogP contribution in [0, 0.1) is 6.92 Å². The molecule has 0 aliphatic rings. The number of carbonyl (C=O) groups excluding carboxylic acids is 1. The zero-order valence-electron chi connectivity index (χ0n) is 14.2. The van der Waals surface area contributed by atoms with Crippen molar-refractivity contribution in [1.29, 1.82) is 0 Å². The number of hydrogen-bond donors (Lipinski definition) is 2. The molecule has 1 aromatic rings. The van der Waals surface area contributed by atoms with E-state index in [0.29, 0.717) is 0 Å². The van der Waals surface area contributed by atoms with E-state index in [2.05, 4.69) is 12.2 Å². The Kier molecular flexibility index (Phi) is 7.18. The van der Waals surface area contributed by atoms with Crippen molar-refractivity contribution < 1.29 is 14.3 Å². The van der Waals surface area contributed by atoms with Gasteiger partial charge < -0.3 is 20.5 Å². The number of carbonyl (C=O) groups is 1. The highest BCUT2D eigenvalue weighted by Gasteiger charge is 2.24. The number of benzene rings is 1. The van der Waals surface area contributed by atoms with E-state index in [1.807, 2.05) is 19.1 Å². The second-order valence-electron chi connectivity index (χ2n) is 5.58. The average molecular weight is 308 g/mol. The zero-order chi connectivity index (χ0) is 16.7. The lowest BCUT2D eigenvalue weighted by atomic mass is 9.97. The van der Waals surface area contributed by atoms with Crippen LogP contribution < -0.4 is 20.5 Å². The Balaban J connectivity index is 3.24. The van der Waals surface area contributed by atoms with Crippen molar-refractivity contribution in [3.63, 3.8) is 0 Å². The summed E-state index contributed by atoms with van der Waals surface area (Å²) in [5.41, 5.74) is 7.60. The largest absolute Gasteiger partial charge is 0.496 e. The lowest BCUT2D eigenvalue weighted by molar-refractivity contribution is -0.122. The Bertz CT molecular complexity index is 476. The number of ether oxygens (including phenoxy) is 2. The summed E-state index contributed by atoms with van der Waals surface area (Å²) in [4.78, 5) is 12.0. The summed E-state index contributed by atoms with van der Waals surface area (Å²) in [6.07, 6.45) is 2.84. The molecular weight excluding hydrogens is 280 g/mol. The first-order chi connectivity index (χ1) is 10.4. The van der Waals surface area contributed by atoms with Crippen LogP contribution in [0.25, 0.3) is 0 Å². The molecular formula is C17H28N2O3. The average Bonchev–Trinajstić information content (AvgIpc) is 2.50. The smallest absolute Gasteiger partial charge is 0.237 e. The van der Waals surface area contributed by atoms with Crippen LogP contribution in [0.1, 0.15) is 50.3 Å². The van der Waals surface area contributed by atoms with Crippen molar-refractivity contribution in [1.82, 2.24) is 5.32 Å². The maximum atomic E-state index is 12.0. The van der Waals surface area contributed by atoms with Crippen LogP contribution in [0.15, 0.2) is 12.1 Å². The topological polar surface area (TPSA) is 73.6 Å². The standard InChI is InChI=1S/C17H28N2O3/c1-6-7-8-13(19-17(20)12(3)18)16-14(21-4)9-11(2)10-15(16)22-5/h9-10,12-13H,6-8,18H2,1-5H3,(H,19,20)/t12-,13?/m1/s1. The normalized spacial score (nSPS) is 13.4. The van der Waals surface area contributed by atoms with Crippen molar-refractivity contribution in [3.05, 3.63) is 23.3 Å². The monoisotopic (exact) mass is 308 g/mol. The lowest BCUT2D eigenvalue weighted by Gasteiger charge is -2.24. The Morgan fingerprint density at radius 1 is 1.27 bits per heavy atom. The van der Waals surface area contributed by atoms with Gasteiger partial charge >= 0.3 is 0 Å². The van der Waals surface area contributed by atoms with Crippen LogP contribution in [0.2, 0.25) is 0 Å². The van der Waals surface area contributed by atoms with Crippen LogP contribution in [-0.2, 0) is 4.79 Å². The van der Waals surface area contributed by atoms with E-state index in [-0.39, 0.29) is 11.9 Å². The number of rotatable bonds is 8. The zero-order valence-corrected chi connectivity index (χ0v) is 14.2. The first kappa shape index (κ1) is 18.3. The van der Waals surface area contributed by atoms with Gasteiger partial charge in [-0.05, 0) is 38.0 Å². The van der Waals surface area contributed by atoms with Gasteiger partial charge in [-0.2, -0.15) is 0 Å². The van der Waals surface area contributed by atoms with Gasteiger partial charge in [0, 0.05) is 0 Å². The molecule has 3 N–H and O–H groups in total. The van der Waals surface area contributed by atoms with E-state index >= 15 is 0 Å². The molecule has 2 atom stereocenters. The molecule has 0 fully saturated rings. The summed E-state index contributed by atoms with van der Waals surface area (Å²) in [5.74, 6) is 1.27. The highest BCUT2D eigenvalue weighted by molar-refractivity contribution is 5.81. The first-order valence-corrected chi connectivity index (χ1v) is 7.73. The second kappa shape index (κ2) is 8.63. The minimum atomic E-state index is -0.549. The number of methoxy groups -OCH3 is 2. The highest BCUT2D eigenvalue weighted by atomic mass is 16.5. The van der Waals surface area contributed by atoms with Crippen molar-refractivity contribution in [2.24, 2.45) is 5.73 Å². The van der Waals surface area contributed by atoms with E-state index in [4.69, 9.17) is 15.2 Å². The molecule has 5 heteroatoms. The van der Waals surface area contributed by atoms with Gasteiger partial charge in [0.25, 0.3) is 0 Å². The number of nitrogens with two attached hydrogens (primary N) is 1. The third-order valence-electron chi connectivity index (χ3n) is 3.61. The van der Waals surface area contributed by atoms with Crippen molar-refractivity contribution in [3.8, 4) is 11.5 Å². The molecule has 1 rings (SSSR count). The van der Waals surface area contributed by atoms with Crippen molar-refractivity contribution >= 4 is 5.91 Å². The molecule has 0 heterocycles. The SMILES string of the molecule is CCCCC(NC(=O)[C@@H](C)N)c1c(OC)cc(C)cc1OC. The fourth-order valence-electron chi connectivity index (χ4n) is 2.41. The van der Waals surface area contributed by atoms with E-state index in [0.717, 1.165) is 41.9 Å². The van der Waals surface area contributed by atoms with E-state index in [1.165, 1.54) is 0 Å². The van der Waals surface area contributed by atoms with E-state index in [1.54, 1.807) is 21.1 Å². The summed E-state index contributed by atoms with van der Waals surface area (Å²) < 4.78 is 11.0. The van der Waals surface area contributed by atoms with Gasteiger partial charge in [-0.1, -0.05) is 19.8 Å². The summed E-state index contributed by atoms with van der Waals surface area (Å²) >= 11 is 0. The number of aryl methyl sites for hydroxylation is 1. The number of nitrogens with one attached hydrogen (secondary N) is 1. The Hall–Kier alpha value is -1.75. The van der Waals surface area contributed by atoms with Gasteiger partial charge in [0.1, 0.15) is 11.5 Å². The van der Waals surface area contributed by atoms with E-state index < -0.39 is 6.04 Å². The van der Waals surface area contributed by atoms with Gasteiger partial charge in [-0.3, -0.25) is 4.79 Å². The van der Waals surface area contributed by atoms with Gasteiger partial charge in [-0.15, -0.1) is 0 Å². The minimum absolute atomic E-state index is 0.175. The molecule has 0 aliphatic carbocycles. The van der Waals surface area contributed by atoms with Gasteiger partial charge in [0.15, 0.2) is 0 Å².